The smallest absolute Gasteiger partial charge is 0.408 e. The van der Waals surface area contributed by atoms with Gasteiger partial charge in [0.15, 0.2) is 17.7 Å². The number of amides is 1. The molecule has 1 aromatic carbocycles. The molecule has 2 aliphatic rings. The number of Topliss-reactive ketones (excluding diaryl/α,β-unsaturated/α-hetero) is 1. The monoisotopic (exact) mass is 730 g/mol. The van der Waals surface area contributed by atoms with Gasteiger partial charge in [0.1, 0.15) is 13.2 Å². The van der Waals surface area contributed by atoms with Gasteiger partial charge in [-0.05, 0) is 95.5 Å². The molecule has 2 aliphatic heterocycles. The van der Waals surface area contributed by atoms with Gasteiger partial charge in [-0.1, -0.05) is 70.1 Å². The van der Waals surface area contributed by atoms with E-state index in [2.05, 4.69) is 24.3 Å². The normalized spacial score (nSPS) is 32.5. The van der Waals surface area contributed by atoms with Gasteiger partial charge in [-0.15, -0.1) is 0 Å². The van der Waals surface area contributed by atoms with Crippen molar-refractivity contribution in [3.8, 4) is 0 Å². The maximum absolute atomic E-state index is 14.5. The van der Waals surface area contributed by atoms with Gasteiger partial charge < -0.3 is 34.2 Å². The Balaban J connectivity index is 1.92. The van der Waals surface area contributed by atoms with Crippen molar-refractivity contribution in [1.29, 1.82) is 0 Å². The van der Waals surface area contributed by atoms with E-state index in [4.69, 9.17) is 23.8 Å². The number of esters is 1. The number of ketones is 1. The average Bonchev–Trinajstić information content (AvgIpc) is 3.09. The number of cyclic esters (lactones) is 1. The Morgan fingerprint density at radius 2 is 1.73 bits per heavy atom. The van der Waals surface area contributed by atoms with Crippen LogP contribution in [-0.2, 0) is 39.9 Å². The minimum atomic E-state index is -1.44. The Labute approximate surface area is 311 Å². The number of nitrogens with one attached hydrogen (secondary N) is 1. The van der Waals surface area contributed by atoms with Crippen LogP contribution in [0.2, 0.25) is 0 Å². The molecular weight excluding hydrogens is 664 g/mol. The van der Waals surface area contributed by atoms with Crippen LogP contribution in [0.3, 0.4) is 0 Å². The fraction of sp³-hybridized carbons (Fsp3) is 0.756. The lowest BCUT2D eigenvalue weighted by Gasteiger charge is -2.38. The number of hydrogen-bond acceptors (Lipinski definition) is 10. The van der Waals surface area contributed by atoms with Crippen LogP contribution >= 0.6 is 0 Å². The standard InChI is InChI=1S/C41H66N2O9/c1-26-18-19-36(30(5)25-49-37-17-13-14-32(7)50-37)51-39(46)28(3)20-27(2)35(22-34(43-48-9)21-31(6)44)29(4)23-41(8,38(26)45)52-40(47)42-24-33-15-11-10-12-16-33/h10-12,15-16,26-32,35-37,44H,13-14,17-25H2,1-9H3,(H,42,47)/b43-34-/t26?,27-,28?,29-,30+,31?,32?,35+,36?,37?,41-/m0/s1. The van der Waals surface area contributed by atoms with Crippen molar-refractivity contribution in [1.82, 2.24) is 5.32 Å². The van der Waals surface area contributed by atoms with Gasteiger partial charge in [-0.3, -0.25) is 9.59 Å². The lowest BCUT2D eigenvalue weighted by Crippen LogP contribution is -2.48. The second-order valence-electron chi connectivity index (χ2n) is 16.0. The molecule has 2 heterocycles. The number of benzene rings is 1. The minimum absolute atomic E-state index is 0.0233. The molecule has 0 spiro atoms. The van der Waals surface area contributed by atoms with Crippen molar-refractivity contribution >= 4 is 23.6 Å². The van der Waals surface area contributed by atoms with Gasteiger partial charge in [-0.2, -0.15) is 0 Å². The summed E-state index contributed by atoms with van der Waals surface area (Å²) in [5, 5.41) is 17.3. The molecular formula is C41H66N2O9. The third-order valence-corrected chi connectivity index (χ3v) is 10.9. The quantitative estimate of drug-likeness (QED) is 0.126. The zero-order valence-electron chi connectivity index (χ0n) is 33.1. The van der Waals surface area contributed by atoms with E-state index in [0.29, 0.717) is 44.4 Å². The number of carbonyl (C=O) groups excluding carboxylic acids is 3. The molecule has 11 heteroatoms. The molecule has 0 radical (unpaired) electrons. The third kappa shape index (κ3) is 13.8. The maximum Gasteiger partial charge on any atom is 0.408 e. The molecule has 11 atom stereocenters. The van der Waals surface area contributed by atoms with Crippen molar-refractivity contribution in [2.45, 2.75) is 150 Å². The number of hydrogen-bond donors (Lipinski definition) is 2. The molecule has 294 valence electrons. The first kappa shape index (κ1) is 43.4. The van der Waals surface area contributed by atoms with Crippen LogP contribution in [0, 0.1) is 35.5 Å². The molecule has 1 aromatic rings. The SMILES string of the molecule is CO/N=C(/CC(C)O)C[C@@H]1[C@@H](C)CC(C)C(=O)OC([C@H](C)COC2CCCC(C)O2)CCC(C)C(=O)[C@@](C)(OC(=O)NCc2ccccc2)C[C@@H]1C. The summed E-state index contributed by atoms with van der Waals surface area (Å²) in [6.45, 7) is 16.0. The fourth-order valence-electron chi connectivity index (χ4n) is 7.91. The number of rotatable bonds is 12. The van der Waals surface area contributed by atoms with E-state index in [1.165, 1.54) is 7.11 Å². The van der Waals surface area contributed by atoms with Gasteiger partial charge in [0.25, 0.3) is 0 Å². The van der Waals surface area contributed by atoms with Gasteiger partial charge in [-0.25, -0.2) is 4.79 Å². The number of aliphatic hydroxyl groups is 1. The molecule has 3 rings (SSSR count). The molecule has 2 saturated heterocycles. The molecule has 0 saturated carbocycles. The number of oxime groups is 1. The van der Waals surface area contributed by atoms with Crippen LogP contribution in [-0.4, -0.2) is 72.6 Å². The molecule has 1 amide bonds. The zero-order valence-corrected chi connectivity index (χ0v) is 33.1. The van der Waals surface area contributed by atoms with E-state index in [0.717, 1.165) is 24.8 Å². The fourth-order valence-corrected chi connectivity index (χ4v) is 7.91. The summed E-state index contributed by atoms with van der Waals surface area (Å²) in [7, 11) is 1.48. The zero-order chi connectivity index (χ0) is 38.4. The highest BCUT2D eigenvalue weighted by atomic mass is 16.7. The molecule has 6 unspecified atom stereocenters. The topological polar surface area (TPSA) is 142 Å². The van der Waals surface area contributed by atoms with Crippen LogP contribution in [0.15, 0.2) is 35.5 Å². The molecule has 2 fully saturated rings. The Morgan fingerprint density at radius 1 is 1.02 bits per heavy atom. The van der Waals surface area contributed by atoms with Gasteiger partial charge >= 0.3 is 12.1 Å². The van der Waals surface area contributed by atoms with Crippen LogP contribution in [0.4, 0.5) is 4.79 Å². The average molecular weight is 731 g/mol. The molecule has 52 heavy (non-hydrogen) atoms. The highest BCUT2D eigenvalue weighted by Gasteiger charge is 2.44. The molecule has 2 N–H and O–H groups in total. The lowest BCUT2D eigenvalue weighted by atomic mass is 9.71. The summed E-state index contributed by atoms with van der Waals surface area (Å²) in [4.78, 5) is 46.7. The Morgan fingerprint density at radius 3 is 2.38 bits per heavy atom. The minimum Gasteiger partial charge on any atom is -0.462 e. The van der Waals surface area contributed by atoms with Crippen LogP contribution < -0.4 is 5.32 Å². The summed E-state index contributed by atoms with van der Waals surface area (Å²) < 4.78 is 24.5. The number of aliphatic hydroxyl groups excluding tert-OH is 1. The second kappa shape index (κ2) is 21.0. The van der Waals surface area contributed by atoms with E-state index in [-0.39, 0.29) is 60.8 Å². The Bertz CT molecular complexity index is 1290. The summed E-state index contributed by atoms with van der Waals surface area (Å²) in [6, 6.07) is 9.53. The maximum atomic E-state index is 14.5. The van der Waals surface area contributed by atoms with Crippen molar-refractivity contribution in [2.24, 2.45) is 40.7 Å². The summed E-state index contributed by atoms with van der Waals surface area (Å²) in [5.41, 5.74) is 0.162. The summed E-state index contributed by atoms with van der Waals surface area (Å²) in [6.07, 6.45) is 3.45. The highest BCUT2D eigenvalue weighted by Crippen LogP contribution is 2.38. The Kier molecular flexibility index (Phi) is 17.5. The van der Waals surface area contributed by atoms with Crippen LogP contribution in [0.25, 0.3) is 0 Å². The van der Waals surface area contributed by atoms with Gasteiger partial charge in [0.05, 0.1) is 30.4 Å². The van der Waals surface area contributed by atoms with E-state index >= 15 is 0 Å². The number of carbonyl (C=O) groups is 3. The van der Waals surface area contributed by atoms with Gasteiger partial charge in [0.2, 0.25) is 0 Å². The lowest BCUT2D eigenvalue weighted by molar-refractivity contribution is -0.199. The first-order chi connectivity index (χ1) is 24.6. The van der Waals surface area contributed by atoms with Crippen LogP contribution in [0.1, 0.15) is 119 Å². The molecule has 11 nitrogen and oxygen atoms in total. The predicted octanol–water partition coefficient (Wildman–Crippen LogP) is 7.62. The second-order valence-corrected chi connectivity index (χ2v) is 16.0. The van der Waals surface area contributed by atoms with E-state index in [9.17, 15) is 19.5 Å². The van der Waals surface area contributed by atoms with Gasteiger partial charge in [0, 0.05) is 24.8 Å². The van der Waals surface area contributed by atoms with E-state index in [1.807, 2.05) is 58.0 Å². The predicted molar refractivity (Wildman–Crippen MR) is 200 cm³/mol. The third-order valence-electron chi connectivity index (χ3n) is 10.9. The largest absolute Gasteiger partial charge is 0.462 e. The van der Waals surface area contributed by atoms with E-state index < -0.39 is 35.7 Å². The first-order valence-corrected chi connectivity index (χ1v) is 19.4. The summed E-state index contributed by atoms with van der Waals surface area (Å²) in [5.74, 6) is -1.74. The van der Waals surface area contributed by atoms with Crippen molar-refractivity contribution in [3.63, 3.8) is 0 Å². The number of alkyl carbamates (subject to hydrolysis) is 1. The summed E-state index contributed by atoms with van der Waals surface area (Å²) >= 11 is 0. The number of ether oxygens (including phenoxy) is 4. The Hall–Kier alpha value is -3.02. The molecule has 0 bridgehead atoms. The van der Waals surface area contributed by atoms with Crippen molar-refractivity contribution in [2.75, 3.05) is 13.7 Å². The highest BCUT2D eigenvalue weighted by molar-refractivity contribution is 5.91. The van der Waals surface area contributed by atoms with Crippen molar-refractivity contribution in [3.05, 3.63) is 35.9 Å². The van der Waals surface area contributed by atoms with E-state index in [1.54, 1.807) is 13.8 Å². The van der Waals surface area contributed by atoms with Crippen LogP contribution in [0.5, 0.6) is 0 Å². The first-order valence-electron chi connectivity index (χ1n) is 19.4. The molecule has 0 aromatic heterocycles. The molecule has 0 aliphatic carbocycles. The number of nitrogens with zero attached hydrogens (tertiary/aromatic N) is 1. The van der Waals surface area contributed by atoms with Crippen molar-refractivity contribution < 1.29 is 43.3 Å².